The maximum absolute atomic E-state index is 6.29. The van der Waals surface area contributed by atoms with Crippen LogP contribution in [0.15, 0.2) is 203 Å². The highest BCUT2D eigenvalue weighted by Gasteiger charge is 2.32. The molecule has 10 aromatic rings. The van der Waals surface area contributed by atoms with Gasteiger partial charge in [-0.25, -0.2) is 0 Å². The van der Waals surface area contributed by atoms with E-state index >= 15 is 0 Å². The van der Waals surface area contributed by atoms with Crippen LogP contribution in [0.3, 0.4) is 0 Å². The minimum atomic E-state index is 0.549. The van der Waals surface area contributed by atoms with Crippen LogP contribution in [-0.4, -0.2) is 6.21 Å². The molecule has 296 valence electrons. The molecule has 0 bridgehead atoms. The summed E-state index contributed by atoms with van der Waals surface area (Å²) in [6.07, 6.45) is 6.33. The van der Waals surface area contributed by atoms with Crippen molar-refractivity contribution < 1.29 is 8.83 Å². The predicted molar refractivity (Wildman–Crippen MR) is 258 cm³/mol. The van der Waals surface area contributed by atoms with Crippen molar-refractivity contribution in [3.05, 3.63) is 222 Å². The first-order chi connectivity index (χ1) is 30.0. The number of benzene rings is 8. The Morgan fingerprint density at radius 1 is 0.508 bits per heavy atom. The van der Waals surface area contributed by atoms with Crippen LogP contribution in [0.2, 0.25) is 0 Å². The Balaban J connectivity index is 0.000000176. The van der Waals surface area contributed by atoms with E-state index in [0.717, 1.165) is 49.8 Å². The van der Waals surface area contributed by atoms with Gasteiger partial charge >= 0.3 is 0 Å². The van der Waals surface area contributed by atoms with Crippen LogP contribution < -0.4 is 10.3 Å². The Hall–Kier alpha value is -7.53. The first-order valence-corrected chi connectivity index (χ1v) is 20.8. The van der Waals surface area contributed by atoms with E-state index in [4.69, 9.17) is 14.6 Å². The van der Waals surface area contributed by atoms with Crippen LogP contribution in [0.25, 0.3) is 72.4 Å². The van der Waals surface area contributed by atoms with Gasteiger partial charge in [-0.1, -0.05) is 145 Å². The van der Waals surface area contributed by atoms with Gasteiger partial charge in [-0.15, -0.1) is 0 Å². The molecule has 2 aromatic heterocycles. The molecule has 0 saturated carbocycles. The number of nitrogens with two attached hydrogens (primary N) is 1. The number of furan rings is 2. The minimum absolute atomic E-state index is 0.549. The second-order valence-electron chi connectivity index (χ2n) is 15.3. The molecule has 0 saturated heterocycles. The van der Waals surface area contributed by atoms with Crippen molar-refractivity contribution in [1.29, 1.82) is 0 Å². The molecular weight excluding hydrogens is 745 g/mol. The van der Waals surface area contributed by atoms with Crippen molar-refractivity contribution in [2.24, 2.45) is 5.73 Å². The van der Waals surface area contributed by atoms with Crippen LogP contribution in [0.1, 0.15) is 34.9 Å². The number of rotatable bonds is 5. The average molecular weight is 792 g/mol. The standard InChI is InChI=1S/C37H28NO.C13H11NO.C7H8/c1-3-11-35-32(37-25(2)12-9-19-36(37)39-35)24-38-33-18-8-7-17-30(33)31-23-29(20-21-34(31)38)28-16-10-15-27(22-28)26-13-5-4-6-14-26;14-8-9-5-6-11-10-3-1-2-4-12(10)15-13(11)7-9;1-7-5-3-2-4-6-7/h3-24H,1-2H3;1-7H,8,14H2;2-6H,1H3/q+1;;/b11-3-,38-24?;;. The lowest BCUT2D eigenvalue weighted by Crippen LogP contribution is -2.04. The van der Waals surface area contributed by atoms with E-state index in [2.05, 4.69) is 164 Å². The van der Waals surface area contributed by atoms with Crippen molar-refractivity contribution in [1.82, 2.24) is 4.58 Å². The third-order valence-corrected chi connectivity index (χ3v) is 11.2. The highest BCUT2D eigenvalue weighted by molar-refractivity contribution is 6.08. The van der Waals surface area contributed by atoms with Crippen molar-refractivity contribution in [2.75, 3.05) is 0 Å². The first kappa shape index (κ1) is 39.0. The second-order valence-corrected chi connectivity index (χ2v) is 15.3. The normalized spacial score (nSPS) is 12.3. The highest BCUT2D eigenvalue weighted by atomic mass is 16.3. The maximum atomic E-state index is 6.29. The van der Waals surface area contributed by atoms with Gasteiger partial charge in [0.05, 0.1) is 16.7 Å². The fourth-order valence-electron chi connectivity index (χ4n) is 8.16. The number of hydrogen-bond donors (Lipinski definition) is 1. The number of allylic oxidation sites excluding steroid dienone is 1. The van der Waals surface area contributed by atoms with E-state index < -0.39 is 0 Å². The fraction of sp³-hybridized carbons (Fsp3) is 0.0702. The van der Waals surface area contributed by atoms with Crippen molar-refractivity contribution in [3.63, 3.8) is 0 Å². The van der Waals surface area contributed by atoms with E-state index in [1.165, 1.54) is 55.9 Å². The van der Waals surface area contributed by atoms with Crippen LogP contribution in [0.5, 0.6) is 0 Å². The molecule has 1 aliphatic rings. The molecule has 0 atom stereocenters. The number of aryl methyl sites for hydroxylation is 2. The van der Waals surface area contributed by atoms with E-state index in [0.29, 0.717) is 6.54 Å². The number of nitrogens with zero attached hydrogens (tertiary/aromatic N) is 1. The van der Waals surface area contributed by atoms with Gasteiger partial charge in [0.1, 0.15) is 22.5 Å². The summed E-state index contributed by atoms with van der Waals surface area (Å²) in [7, 11) is 0. The van der Waals surface area contributed by atoms with Gasteiger partial charge in [0.2, 0.25) is 11.4 Å². The van der Waals surface area contributed by atoms with E-state index in [-0.39, 0.29) is 0 Å². The van der Waals surface area contributed by atoms with Crippen molar-refractivity contribution >= 4 is 56.6 Å². The lowest BCUT2D eigenvalue weighted by Gasteiger charge is -2.07. The summed E-state index contributed by atoms with van der Waals surface area (Å²) in [5.74, 6) is 0.877. The first-order valence-electron chi connectivity index (χ1n) is 20.8. The van der Waals surface area contributed by atoms with Crippen LogP contribution in [-0.2, 0) is 6.54 Å². The molecule has 11 rings (SSSR count). The van der Waals surface area contributed by atoms with E-state index in [1.807, 2.05) is 67.6 Å². The molecule has 0 aliphatic carbocycles. The minimum Gasteiger partial charge on any atom is -0.456 e. The second kappa shape index (κ2) is 17.4. The smallest absolute Gasteiger partial charge is 0.219 e. The lowest BCUT2D eigenvalue weighted by molar-refractivity contribution is 0.603. The Labute approximate surface area is 357 Å². The van der Waals surface area contributed by atoms with Crippen LogP contribution >= 0.6 is 0 Å². The summed E-state index contributed by atoms with van der Waals surface area (Å²) in [5, 5.41) is 3.48. The zero-order chi connectivity index (χ0) is 41.7. The molecular formula is C57H47N2O2+. The Morgan fingerprint density at radius 2 is 1.15 bits per heavy atom. The highest BCUT2D eigenvalue weighted by Crippen LogP contribution is 2.46. The fourth-order valence-corrected chi connectivity index (χ4v) is 8.16. The van der Waals surface area contributed by atoms with E-state index in [1.54, 1.807) is 0 Å². The third kappa shape index (κ3) is 7.97. The summed E-state index contributed by atoms with van der Waals surface area (Å²) >= 11 is 0. The van der Waals surface area contributed by atoms with Crippen LogP contribution in [0, 0.1) is 13.8 Å². The van der Waals surface area contributed by atoms with Crippen LogP contribution in [0.4, 0.5) is 11.4 Å². The molecule has 4 heteroatoms. The van der Waals surface area contributed by atoms with Gasteiger partial charge in [-0.05, 0) is 103 Å². The summed E-state index contributed by atoms with van der Waals surface area (Å²) in [6.45, 7) is 6.81. The Morgan fingerprint density at radius 3 is 1.92 bits per heavy atom. The summed E-state index contributed by atoms with van der Waals surface area (Å²) in [4.78, 5) is 0. The summed E-state index contributed by atoms with van der Waals surface area (Å²) in [5.41, 5.74) is 22.8. The van der Waals surface area contributed by atoms with Gasteiger partial charge in [-0.2, -0.15) is 4.58 Å². The zero-order valence-corrected chi connectivity index (χ0v) is 34.7. The number of fused-ring (bicyclic) bond motifs is 7. The molecule has 8 aromatic carbocycles. The quantitative estimate of drug-likeness (QED) is 0.177. The molecule has 61 heavy (non-hydrogen) atoms. The molecule has 1 aliphatic heterocycles. The van der Waals surface area contributed by atoms with Gasteiger partial charge in [-0.3, -0.25) is 0 Å². The zero-order valence-electron chi connectivity index (χ0n) is 34.7. The lowest BCUT2D eigenvalue weighted by atomic mass is 9.96. The molecule has 4 nitrogen and oxygen atoms in total. The largest absolute Gasteiger partial charge is 0.456 e. The summed E-state index contributed by atoms with van der Waals surface area (Å²) < 4.78 is 14.3. The predicted octanol–water partition coefficient (Wildman–Crippen LogP) is 15.1. The number of para-hydroxylation sites is 2. The van der Waals surface area contributed by atoms with Gasteiger partial charge in [0, 0.05) is 34.8 Å². The topological polar surface area (TPSA) is 55.3 Å². The average Bonchev–Trinajstić information content (AvgIpc) is 3.97. The molecule has 0 radical (unpaired) electrons. The van der Waals surface area contributed by atoms with E-state index in [9.17, 15) is 0 Å². The van der Waals surface area contributed by atoms with Gasteiger partial charge in [0.25, 0.3) is 0 Å². The molecule has 0 amide bonds. The Kier molecular flexibility index (Phi) is 11.1. The van der Waals surface area contributed by atoms with Gasteiger partial charge in [0.15, 0.2) is 6.21 Å². The van der Waals surface area contributed by atoms with Crippen molar-refractivity contribution in [2.45, 2.75) is 27.3 Å². The van der Waals surface area contributed by atoms with Crippen molar-refractivity contribution in [3.8, 4) is 33.4 Å². The molecule has 2 N–H and O–H groups in total. The monoisotopic (exact) mass is 791 g/mol. The molecule has 3 heterocycles. The summed E-state index contributed by atoms with van der Waals surface area (Å²) in [6, 6.07) is 65.5. The number of hydrogen-bond acceptors (Lipinski definition) is 3. The molecule has 0 unspecified atom stereocenters. The Bertz CT molecular complexity index is 3200. The van der Waals surface area contributed by atoms with Gasteiger partial charge < -0.3 is 14.6 Å². The third-order valence-electron chi connectivity index (χ3n) is 11.2. The molecule has 0 spiro atoms. The SMILES string of the molecule is C/C=C\c1oc2cccc(C)c2c1C=[N+]1c2ccccc2-c2cc(-c3cccc(-c4ccccc4)c3)ccc21.Cc1ccccc1.NCc1ccc2c(c1)oc1ccccc12. The molecule has 0 fully saturated rings. The maximum Gasteiger partial charge on any atom is 0.219 e.